The van der Waals surface area contributed by atoms with Crippen LogP contribution >= 0.6 is 0 Å². The summed E-state index contributed by atoms with van der Waals surface area (Å²) in [5.74, 6) is 0. The zero-order valence-corrected chi connectivity index (χ0v) is 5.92. The van der Waals surface area contributed by atoms with Crippen LogP contribution < -0.4 is 0 Å². The molecule has 1 heterocycles. The summed E-state index contributed by atoms with van der Waals surface area (Å²) >= 11 is 0. The van der Waals surface area contributed by atoms with Gasteiger partial charge in [0.15, 0.2) is 0 Å². The highest BCUT2D eigenvalue weighted by atomic mass is 16.5. The third-order valence-corrected chi connectivity index (χ3v) is 1.79. The van der Waals surface area contributed by atoms with Crippen LogP contribution in [0.15, 0.2) is 0 Å². The van der Waals surface area contributed by atoms with Gasteiger partial charge in [-0.3, -0.25) is 0 Å². The first-order valence-electron chi connectivity index (χ1n) is 3.43. The van der Waals surface area contributed by atoms with E-state index < -0.39 is 24.4 Å². The summed E-state index contributed by atoms with van der Waals surface area (Å²) in [6.07, 6.45) is -4.27. The minimum Gasteiger partial charge on any atom is -0.394 e. The van der Waals surface area contributed by atoms with Gasteiger partial charge in [-0.15, -0.1) is 0 Å². The molecular weight excluding hydrogens is 152 g/mol. The van der Waals surface area contributed by atoms with Crippen LogP contribution in [0.5, 0.6) is 0 Å². The molecule has 0 aromatic rings. The second-order valence-corrected chi connectivity index (χ2v) is 2.60. The van der Waals surface area contributed by atoms with Gasteiger partial charge in [0.1, 0.15) is 24.4 Å². The molecule has 1 fully saturated rings. The predicted octanol–water partition coefficient (Wildman–Crippen LogP) is -2.54. The topological polar surface area (TPSA) is 90.2 Å². The van der Waals surface area contributed by atoms with Crippen LogP contribution in [0.25, 0.3) is 0 Å². The normalized spacial score (nSPS) is 45.8. The maximum atomic E-state index is 9.11. The van der Waals surface area contributed by atoms with E-state index in [1.807, 2.05) is 0 Å². The standard InChI is InChI=1S/C6H12O5/c7-1-4-6(10)5(9)3(8)2-11-4/h3-10H,1-2H2/t3-,4-,5-,6-/m1/s1. The Hall–Kier alpha value is -0.200. The summed E-state index contributed by atoms with van der Waals surface area (Å²) in [7, 11) is 0. The zero-order valence-electron chi connectivity index (χ0n) is 5.92. The Morgan fingerprint density at radius 2 is 1.82 bits per heavy atom. The fourth-order valence-corrected chi connectivity index (χ4v) is 1.03. The van der Waals surface area contributed by atoms with Gasteiger partial charge in [0, 0.05) is 0 Å². The van der Waals surface area contributed by atoms with E-state index in [0.717, 1.165) is 0 Å². The van der Waals surface area contributed by atoms with Crippen LogP contribution in [0.4, 0.5) is 0 Å². The van der Waals surface area contributed by atoms with Crippen molar-refractivity contribution in [2.75, 3.05) is 13.2 Å². The highest BCUT2D eigenvalue weighted by molar-refractivity contribution is 4.85. The summed E-state index contributed by atoms with van der Waals surface area (Å²) in [6.45, 7) is -0.408. The summed E-state index contributed by atoms with van der Waals surface area (Å²) < 4.78 is 4.81. The van der Waals surface area contributed by atoms with Gasteiger partial charge in [0.25, 0.3) is 0 Å². The minimum atomic E-state index is -1.22. The van der Waals surface area contributed by atoms with Gasteiger partial charge in [-0.2, -0.15) is 0 Å². The van der Waals surface area contributed by atoms with Crippen molar-refractivity contribution in [2.24, 2.45) is 0 Å². The fourth-order valence-electron chi connectivity index (χ4n) is 1.03. The summed E-state index contributed by atoms with van der Waals surface area (Å²) in [6, 6.07) is 0. The number of ether oxygens (including phenoxy) is 1. The van der Waals surface area contributed by atoms with Crippen molar-refractivity contribution in [3.8, 4) is 0 Å². The second kappa shape index (κ2) is 3.46. The molecule has 0 radical (unpaired) electrons. The average Bonchev–Trinajstić information content (AvgIpc) is 2.01. The number of rotatable bonds is 1. The predicted molar refractivity (Wildman–Crippen MR) is 34.8 cm³/mol. The lowest BCUT2D eigenvalue weighted by Gasteiger charge is -2.34. The van der Waals surface area contributed by atoms with Crippen molar-refractivity contribution in [1.29, 1.82) is 0 Å². The van der Waals surface area contributed by atoms with Crippen molar-refractivity contribution in [3.63, 3.8) is 0 Å². The first kappa shape index (κ1) is 8.89. The van der Waals surface area contributed by atoms with E-state index in [0.29, 0.717) is 0 Å². The van der Waals surface area contributed by atoms with Crippen LogP contribution in [0, 0.1) is 0 Å². The molecule has 1 aliphatic heterocycles. The van der Waals surface area contributed by atoms with Crippen LogP contribution in [0.3, 0.4) is 0 Å². The highest BCUT2D eigenvalue weighted by Crippen LogP contribution is 2.14. The first-order valence-corrected chi connectivity index (χ1v) is 3.43. The van der Waals surface area contributed by atoms with Crippen molar-refractivity contribution < 1.29 is 25.2 Å². The Balaban J connectivity index is 2.52. The lowest BCUT2D eigenvalue weighted by Crippen LogP contribution is -2.53. The van der Waals surface area contributed by atoms with Gasteiger partial charge >= 0.3 is 0 Å². The fraction of sp³-hybridized carbons (Fsp3) is 1.00. The molecule has 0 aromatic heterocycles. The van der Waals surface area contributed by atoms with Crippen LogP contribution in [-0.4, -0.2) is 58.1 Å². The van der Waals surface area contributed by atoms with Gasteiger partial charge in [-0.1, -0.05) is 0 Å². The molecule has 0 aromatic carbocycles. The van der Waals surface area contributed by atoms with Crippen molar-refractivity contribution >= 4 is 0 Å². The highest BCUT2D eigenvalue weighted by Gasteiger charge is 2.36. The van der Waals surface area contributed by atoms with E-state index in [-0.39, 0.29) is 13.2 Å². The third-order valence-electron chi connectivity index (χ3n) is 1.79. The Morgan fingerprint density at radius 3 is 2.36 bits per heavy atom. The molecule has 4 N–H and O–H groups in total. The van der Waals surface area contributed by atoms with E-state index in [1.54, 1.807) is 0 Å². The van der Waals surface area contributed by atoms with Crippen LogP contribution in [0.1, 0.15) is 0 Å². The number of aliphatic hydroxyl groups is 4. The molecule has 5 heteroatoms. The Labute approximate surface area is 63.8 Å². The molecule has 1 rings (SSSR count). The Bertz CT molecular complexity index is 126. The van der Waals surface area contributed by atoms with Crippen molar-refractivity contribution in [1.82, 2.24) is 0 Å². The molecule has 0 saturated carbocycles. The molecule has 4 atom stereocenters. The maximum absolute atomic E-state index is 9.11. The van der Waals surface area contributed by atoms with E-state index >= 15 is 0 Å². The van der Waals surface area contributed by atoms with E-state index in [2.05, 4.69) is 0 Å². The Kier molecular flexibility index (Phi) is 2.80. The van der Waals surface area contributed by atoms with Gasteiger partial charge in [0.2, 0.25) is 0 Å². The molecule has 0 amide bonds. The molecule has 0 bridgehead atoms. The molecule has 0 spiro atoms. The van der Waals surface area contributed by atoms with Crippen LogP contribution in [-0.2, 0) is 4.74 Å². The molecular formula is C6H12O5. The molecule has 1 saturated heterocycles. The number of hydrogen-bond donors (Lipinski definition) is 4. The quantitative estimate of drug-likeness (QED) is 0.343. The molecule has 5 nitrogen and oxygen atoms in total. The van der Waals surface area contributed by atoms with Gasteiger partial charge in [-0.25, -0.2) is 0 Å². The average molecular weight is 164 g/mol. The van der Waals surface area contributed by atoms with Crippen molar-refractivity contribution in [2.45, 2.75) is 24.4 Å². The maximum Gasteiger partial charge on any atom is 0.111 e. The lowest BCUT2D eigenvalue weighted by atomic mass is 10.0. The van der Waals surface area contributed by atoms with Crippen LogP contribution in [0.2, 0.25) is 0 Å². The molecule has 1 aliphatic rings. The van der Waals surface area contributed by atoms with E-state index in [9.17, 15) is 0 Å². The molecule has 0 unspecified atom stereocenters. The Morgan fingerprint density at radius 1 is 1.18 bits per heavy atom. The molecule has 66 valence electrons. The van der Waals surface area contributed by atoms with Crippen molar-refractivity contribution in [3.05, 3.63) is 0 Å². The van der Waals surface area contributed by atoms with Gasteiger partial charge < -0.3 is 25.2 Å². The zero-order chi connectivity index (χ0) is 8.43. The molecule has 0 aliphatic carbocycles. The first-order chi connectivity index (χ1) is 5.16. The van der Waals surface area contributed by atoms with Gasteiger partial charge in [0.05, 0.1) is 13.2 Å². The monoisotopic (exact) mass is 164 g/mol. The largest absolute Gasteiger partial charge is 0.394 e. The SMILES string of the molecule is OC[C@H]1OC[C@@H](O)[C@@H](O)[C@@H]1O. The summed E-state index contributed by atoms with van der Waals surface area (Å²) in [5, 5.41) is 35.7. The van der Waals surface area contributed by atoms with E-state index in [1.165, 1.54) is 0 Å². The minimum absolute atomic E-state index is 0.0521. The number of hydrogen-bond acceptors (Lipinski definition) is 5. The third kappa shape index (κ3) is 1.69. The van der Waals surface area contributed by atoms with Gasteiger partial charge in [-0.05, 0) is 0 Å². The second-order valence-electron chi connectivity index (χ2n) is 2.60. The smallest absolute Gasteiger partial charge is 0.111 e. The lowest BCUT2D eigenvalue weighted by molar-refractivity contribution is -0.195. The summed E-state index contributed by atoms with van der Waals surface area (Å²) in [5.41, 5.74) is 0. The molecule has 11 heavy (non-hydrogen) atoms. The summed E-state index contributed by atoms with van der Waals surface area (Å²) in [4.78, 5) is 0. The number of aliphatic hydroxyl groups excluding tert-OH is 4. The van der Waals surface area contributed by atoms with E-state index in [4.69, 9.17) is 25.2 Å².